The van der Waals surface area contributed by atoms with Gasteiger partial charge in [0.1, 0.15) is 5.75 Å². The summed E-state index contributed by atoms with van der Waals surface area (Å²) in [6.45, 7) is 6.53. The van der Waals surface area contributed by atoms with Crippen LogP contribution in [-0.2, 0) is 0 Å². The van der Waals surface area contributed by atoms with Gasteiger partial charge >= 0.3 is 0 Å². The summed E-state index contributed by atoms with van der Waals surface area (Å²) >= 11 is 0. The monoisotopic (exact) mass is 262 g/mol. The van der Waals surface area contributed by atoms with Crippen LogP contribution in [0.2, 0.25) is 0 Å². The summed E-state index contributed by atoms with van der Waals surface area (Å²) in [4.78, 5) is 0. The van der Waals surface area contributed by atoms with E-state index in [1.54, 1.807) is 7.11 Å². The highest BCUT2D eigenvalue weighted by Crippen LogP contribution is 2.33. The van der Waals surface area contributed by atoms with Crippen LogP contribution in [0.5, 0.6) is 5.75 Å². The number of ether oxygens (including phenoxy) is 1. The molecule has 1 unspecified atom stereocenters. The molecule has 1 aliphatic heterocycles. The van der Waals surface area contributed by atoms with Gasteiger partial charge in [0.2, 0.25) is 0 Å². The molecule has 3 nitrogen and oxygen atoms in total. The lowest BCUT2D eigenvalue weighted by molar-refractivity contribution is 0.293. The van der Waals surface area contributed by atoms with Crippen molar-refractivity contribution in [1.82, 2.24) is 10.6 Å². The number of aryl methyl sites for hydroxylation is 2. The topological polar surface area (TPSA) is 33.3 Å². The first-order valence-electron chi connectivity index (χ1n) is 7.20. The Morgan fingerprint density at radius 2 is 1.79 bits per heavy atom. The van der Waals surface area contributed by atoms with Crippen LogP contribution in [-0.4, -0.2) is 27.2 Å². The van der Waals surface area contributed by atoms with E-state index in [9.17, 15) is 0 Å². The number of hydrogen-bond donors (Lipinski definition) is 2. The molecule has 0 aromatic heterocycles. The van der Waals surface area contributed by atoms with Gasteiger partial charge in [-0.1, -0.05) is 12.1 Å². The number of rotatable bonds is 4. The quantitative estimate of drug-likeness (QED) is 0.875. The molecule has 19 heavy (non-hydrogen) atoms. The molecule has 1 aromatic rings. The van der Waals surface area contributed by atoms with Crippen molar-refractivity contribution in [3.05, 3.63) is 28.8 Å². The smallest absolute Gasteiger partial charge is 0.124 e. The van der Waals surface area contributed by atoms with Gasteiger partial charge in [0.05, 0.1) is 7.11 Å². The van der Waals surface area contributed by atoms with Crippen molar-refractivity contribution in [3.63, 3.8) is 0 Å². The molecule has 2 N–H and O–H groups in total. The fourth-order valence-corrected chi connectivity index (χ4v) is 3.34. The van der Waals surface area contributed by atoms with Crippen molar-refractivity contribution in [1.29, 1.82) is 0 Å². The van der Waals surface area contributed by atoms with Gasteiger partial charge in [-0.15, -0.1) is 0 Å². The van der Waals surface area contributed by atoms with E-state index >= 15 is 0 Å². The molecule has 0 saturated carbocycles. The molecule has 1 atom stereocenters. The van der Waals surface area contributed by atoms with Crippen LogP contribution in [0.25, 0.3) is 0 Å². The minimum Gasteiger partial charge on any atom is -0.496 e. The fourth-order valence-electron chi connectivity index (χ4n) is 3.34. The number of benzene rings is 1. The SMILES string of the molecule is CNC(c1cc(C)c(OC)c(C)c1)C1CCNCC1. The molecule has 1 saturated heterocycles. The number of methoxy groups -OCH3 is 1. The molecule has 1 aromatic carbocycles. The third-order valence-electron chi connectivity index (χ3n) is 4.21. The Labute approximate surface area is 116 Å². The summed E-state index contributed by atoms with van der Waals surface area (Å²) in [7, 11) is 3.82. The molecule has 3 heteroatoms. The maximum absolute atomic E-state index is 5.46. The molecule has 0 spiro atoms. The average Bonchev–Trinajstić information content (AvgIpc) is 2.40. The van der Waals surface area contributed by atoms with E-state index in [1.165, 1.54) is 29.5 Å². The van der Waals surface area contributed by atoms with E-state index in [1.807, 2.05) is 0 Å². The summed E-state index contributed by atoms with van der Waals surface area (Å²) in [5.74, 6) is 1.74. The number of hydrogen-bond acceptors (Lipinski definition) is 3. The van der Waals surface area contributed by atoms with Gasteiger partial charge in [-0.05, 0) is 69.4 Å². The van der Waals surface area contributed by atoms with Gasteiger partial charge in [0.15, 0.2) is 0 Å². The molecule has 0 aliphatic carbocycles. The minimum absolute atomic E-state index is 0.449. The number of nitrogens with one attached hydrogen (secondary N) is 2. The van der Waals surface area contributed by atoms with E-state index in [4.69, 9.17) is 4.74 Å². The summed E-state index contributed by atoms with van der Waals surface area (Å²) in [5, 5.41) is 6.95. The normalized spacial score (nSPS) is 18.3. The van der Waals surface area contributed by atoms with Crippen LogP contribution in [0, 0.1) is 19.8 Å². The minimum atomic E-state index is 0.449. The van der Waals surface area contributed by atoms with Gasteiger partial charge in [0, 0.05) is 6.04 Å². The van der Waals surface area contributed by atoms with Crippen LogP contribution in [0.3, 0.4) is 0 Å². The molecule has 0 amide bonds. The Hall–Kier alpha value is -1.06. The second-order valence-corrected chi connectivity index (χ2v) is 5.54. The Morgan fingerprint density at radius 1 is 1.21 bits per heavy atom. The van der Waals surface area contributed by atoms with Crippen LogP contribution >= 0.6 is 0 Å². The molecule has 0 bridgehead atoms. The van der Waals surface area contributed by atoms with Gasteiger partial charge in [-0.3, -0.25) is 0 Å². The fraction of sp³-hybridized carbons (Fsp3) is 0.625. The van der Waals surface area contributed by atoms with E-state index in [0.717, 1.165) is 24.8 Å². The van der Waals surface area contributed by atoms with Crippen LogP contribution < -0.4 is 15.4 Å². The number of piperidine rings is 1. The zero-order valence-electron chi connectivity index (χ0n) is 12.5. The Bertz CT molecular complexity index is 402. The molecule has 106 valence electrons. The lowest BCUT2D eigenvalue weighted by Crippen LogP contribution is -2.35. The van der Waals surface area contributed by atoms with E-state index in [-0.39, 0.29) is 0 Å². The zero-order chi connectivity index (χ0) is 13.8. The maximum atomic E-state index is 5.46. The van der Waals surface area contributed by atoms with Gasteiger partial charge in [-0.2, -0.15) is 0 Å². The molecule has 1 aliphatic rings. The first kappa shape index (κ1) is 14.4. The Morgan fingerprint density at radius 3 is 2.26 bits per heavy atom. The lowest BCUT2D eigenvalue weighted by atomic mass is 9.85. The van der Waals surface area contributed by atoms with Crippen molar-refractivity contribution < 1.29 is 4.74 Å². The maximum Gasteiger partial charge on any atom is 0.124 e. The molecular weight excluding hydrogens is 236 g/mol. The van der Waals surface area contributed by atoms with E-state index in [2.05, 4.69) is 43.7 Å². The van der Waals surface area contributed by atoms with Crippen molar-refractivity contribution in [2.45, 2.75) is 32.7 Å². The third-order valence-corrected chi connectivity index (χ3v) is 4.21. The summed E-state index contributed by atoms with van der Waals surface area (Å²) in [6.07, 6.45) is 2.49. The predicted octanol–water partition coefficient (Wildman–Crippen LogP) is 2.57. The Balaban J connectivity index is 2.27. The van der Waals surface area contributed by atoms with Crippen molar-refractivity contribution in [3.8, 4) is 5.75 Å². The van der Waals surface area contributed by atoms with Crippen LogP contribution in [0.15, 0.2) is 12.1 Å². The lowest BCUT2D eigenvalue weighted by Gasteiger charge is -2.31. The summed E-state index contributed by atoms with van der Waals surface area (Å²) in [6, 6.07) is 5.00. The van der Waals surface area contributed by atoms with Crippen molar-refractivity contribution >= 4 is 0 Å². The highest BCUT2D eigenvalue weighted by molar-refractivity contribution is 5.44. The Kier molecular flexibility index (Phi) is 4.83. The molecule has 1 fully saturated rings. The zero-order valence-corrected chi connectivity index (χ0v) is 12.5. The predicted molar refractivity (Wildman–Crippen MR) is 79.9 cm³/mol. The molecule has 1 heterocycles. The first-order valence-corrected chi connectivity index (χ1v) is 7.20. The standard InChI is InChI=1S/C16H26N2O/c1-11-9-14(10-12(2)16(11)19-4)15(17-3)13-5-7-18-8-6-13/h9-10,13,15,17-18H,5-8H2,1-4H3. The molecule has 0 radical (unpaired) electrons. The van der Waals surface area contributed by atoms with Gasteiger partial charge < -0.3 is 15.4 Å². The highest BCUT2D eigenvalue weighted by Gasteiger charge is 2.24. The van der Waals surface area contributed by atoms with Crippen molar-refractivity contribution in [2.75, 3.05) is 27.2 Å². The van der Waals surface area contributed by atoms with Gasteiger partial charge in [0.25, 0.3) is 0 Å². The van der Waals surface area contributed by atoms with Crippen molar-refractivity contribution in [2.24, 2.45) is 5.92 Å². The van der Waals surface area contributed by atoms with Crippen LogP contribution in [0.1, 0.15) is 35.6 Å². The summed E-state index contributed by atoms with van der Waals surface area (Å²) in [5.41, 5.74) is 3.85. The van der Waals surface area contributed by atoms with E-state index in [0.29, 0.717) is 6.04 Å². The average molecular weight is 262 g/mol. The van der Waals surface area contributed by atoms with Gasteiger partial charge in [-0.25, -0.2) is 0 Å². The second-order valence-electron chi connectivity index (χ2n) is 5.54. The molecule has 2 rings (SSSR count). The molecular formula is C16H26N2O. The largest absolute Gasteiger partial charge is 0.496 e. The van der Waals surface area contributed by atoms with Crippen LogP contribution in [0.4, 0.5) is 0 Å². The summed E-state index contributed by atoms with van der Waals surface area (Å²) < 4.78 is 5.46. The third kappa shape index (κ3) is 3.10. The second kappa shape index (κ2) is 6.40. The highest BCUT2D eigenvalue weighted by atomic mass is 16.5. The van der Waals surface area contributed by atoms with E-state index < -0.39 is 0 Å². The first-order chi connectivity index (χ1) is 9.17.